The molecule has 0 bridgehead atoms. The van der Waals surface area contributed by atoms with Crippen LogP contribution in [-0.4, -0.2) is 30.9 Å². The molecule has 0 aromatic heterocycles. The van der Waals surface area contributed by atoms with Crippen LogP contribution in [0, 0.1) is 0 Å². The van der Waals surface area contributed by atoms with Gasteiger partial charge in [-0.3, -0.25) is 14.9 Å². The van der Waals surface area contributed by atoms with Gasteiger partial charge in [-0.15, -0.1) is 0 Å². The molecule has 6 heteroatoms. The maximum atomic E-state index is 12.0. The number of carbonyl (C=O) groups excluding carboxylic acids is 2. The number of piperazine rings is 1. The van der Waals surface area contributed by atoms with Gasteiger partial charge in [0.15, 0.2) is 0 Å². The zero-order valence-electron chi connectivity index (χ0n) is 10.6. The number of hydrogen-bond acceptors (Lipinski definition) is 3. The largest absolute Gasteiger partial charge is 0.353 e. The van der Waals surface area contributed by atoms with Gasteiger partial charge < -0.3 is 10.6 Å². The van der Waals surface area contributed by atoms with Crippen LogP contribution in [0.4, 0.5) is 0 Å². The smallest absolute Gasteiger partial charge is 0.239 e. The summed E-state index contributed by atoms with van der Waals surface area (Å²) in [6, 6.07) is 6.84. The average Bonchev–Trinajstić information content (AvgIpc) is 2.39. The van der Waals surface area contributed by atoms with E-state index in [0.29, 0.717) is 11.6 Å². The lowest BCUT2D eigenvalue weighted by atomic mass is 10.1. The van der Waals surface area contributed by atoms with Crippen molar-refractivity contribution in [1.29, 1.82) is 0 Å². The second-order valence-electron chi connectivity index (χ2n) is 4.52. The Bertz CT molecular complexity index is 483. The number of rotatable bonds is 3. The van der Waals surface area contributed by atoms with E-state index < -0.39 is 0 Å². The Labute approximate surface area is 116 Å². The molecule has 102 valence electrons. The normalized spacial score (nSPS) is 20.5. The number of hydrogen-bond donors (Lipinski definition) is 3. The lowest BCUT2D eigenvalue weighted by Gasteiger charge is -2.25. The number of carbonyl (C=O) groups is 2. The van der Waals surface area contributed by atoms with Gasteiger partial charge in [-0.25, -0.2) is 0 Å². The van der Waals surface area contributed by atoms with Crippen molar-refractivity contribution < 1.29 is 9.59 Å². The third kappa shape index (κ3) is 3.68. The summed E-state index contributed by atoms with van der Waals surface area (Å²) in [5, 5.41) is 9.08. The summed E-state index contributed by atoms with van der Waals surface area (Å²) in [6.07, 6.45) is 0. The quantitative estimate of drug-likeness (QED) is 0.760. The van der Waals surface area contributed by atoms with E-state index >= 15 is 0 Å². The van der Waals surface area contributed by atoms with E-state index in [1.807, 2.05) is 25.1 Å². The van der Waals surface area contributed by atoms with Gasteiger partial charge in [0.05, 0.1) is 12.6 Å². The third-order valence-corrected chi connectivity index (χ3v) is 3.27. The third-order valence-electron chi connectivity index (χ3n) is 3.04. The molecule has 2 amide bonds. The summed E-state index contributed by atoms with van der Waals surface area (Å²) in [4.78, 5) is 23.0. The molecule has 2 rings (SSSR count). The molecule has 1 aliphatic rings. The first-order valence-electron chi connectivity index (χ1n) is 6.12. The summed E-state index contributed by atoms with van der Waals surface area (Å²) in [7, 11) is 0. The van der Waals surface area contributed by atoms with E-state index in [0.717, 1.165) is 5.56 Å². The van der Waals surface area contributed by atoms with Gasteiger partial charge >= 0.3 is 0 Å². The maximum Gasteiger partial charge on any atom is 0.239 e. The molecular formula is C13H16ClN3O2. The summed E-state index contributed by atoms with van der Waals surface area (Å²) >= 11 is 5.92. The first-order valence-corrected chi connectivity index (χ1v) is 6.50. The maximum absolute atomic E-state index is 12.0. The summed E-state index contributed by atoms with van der Waals surface area (Å²) in [5.74, 6) is -0.223. The fourth-order valence-corrected chi connectivity index (χ4v) is 2.12. The Morgan fingerprint density at radius 2 is 2.32 bits per heavy atom. The molecule has 1 fully saturated rings. The van der Waals surface area contributed by atoms with Crippen LogP contribution < -0.4 is 16.0 Å². The Morgan fingerprint density at radius 1 is 1.53 bits per heavy atom. The molecule has 5 nitrogen and oxygen atoms in total. The topological polar surface area (TPSA) is 70.2 Å². The highest BCUT2D eigenvalue weighted by Gasteiger charge is 2.24. The van der Waals surface area contributed by atoms with Crippen LogP contribution in [0.15, 0.2) is 24.3 Å². The van der Waals surface area contributed by atoms with Gasteiger partial charge in [0.1, 0.15) is 6.04 Å². The molecule has 0 spiro atoms. The van der Waals surface area contributed by atoms with Crippen LogP contribution in [0.25, 0.3) is 0 Å². The van der Waals surface area contributed by atoms with Gasteiger partial charge in [0.2, 0.25) is 11.8 Å². The van der Waals surface area contributed by atoms with E-state index in [9.17, 15) is 9.59 Å². The molecule has 1 aromatic rings. The molecule has 19 heavy (non-hydrogen) atoms. The second kappa shape index (κ2) is 6.04. The first kappa shape index (κ1) is 13.8. The lowest BCUT2D eigenvalue weighted by Crippen LogP contribution is -2.58. The van der Waals surface area contributed by atoms with Crippen molar-refractivity contribution in [3.8, 4) is 0 Å². The van der Waals surface area contributed by atoms with Gasteiger partial charge in [-0.2, -0.15) is 0 Å². The molecule has 1 heterocycles. The van der Waals surface area contributed by atoms with Crippen LogP contribution in [0.1, 0.15) is 18.5 Å². The molecule has 0 saturated carbocycles. The summed E-state index contributed by atoms with van der Waals surface area (Å²) < 4.78 is 0. The minimum absolute atomic E-state index is 0.0908. The molecule has 3 N–H and O–H groups in total. The zero-order chi connectivity index (χ0) is 13.8. The van der Waals surface area contributed by atoms with Crippen molar-refractivity contribution in [1.82, 2.24) is 16.0 Å². The Kier molecular flexibility index (Phi) is 4.39. The predicted molar refractivity (Wildman–Crippen MR) is 72.8 cm³/mol. The average molecular weight is 282 g/mol. The zero-order valence-corrected chi connectivity index (χ0v) is 11.3. The van der Waals surface area contributed by atoms with Crippen LogP contribution in [0.3, 0.4) is 0 Å². The second-order valence-corrected chi connectivity index (χ2v) is 4.96. The lowest BCUT2D eigenvalue weighted by molar-refractivity contribution is -0.127. The highest BCUT2D eigenvalue weighted by Crippen LogP contribution is 2.17. The van der Waals surface area contributed by atoms with Crippen molar-refractivity contribution >= 4 is 23.4 Å². The van der Waals surface area contributed by atoms with Crippen LogP contribution in [-0.2, 0) is 9.59 Å². The van der Waals surface area contributed by atoms with Crippen molar-refractivity contribution in [3.63, 3.8) is 0 Å². The summed E-state index contributed by atoms with van der Waals surface area (Å²) in [6.45, 7) is 2.38. The monoisotopic (exact) mass is 281 g/mol. The molecule has 1 unspecified atom stereocenters. The fraction of sp³-hybridized carbons (Fsp3) is 0.385. The van der Waals surface area contributed by atoms with Crippen LogP contribution in [0.5, 0.6) is 0 Å². The highest BCUT2D eigenvalue weighted by molar-refractivity contribution is 6.30. The Hall–Kier alpha value is -1.59. The van der Waals surface area contributed by atoms with Crippen molar-refractivity contribution in [2.75, 3.05) is 13.1 Å². The highest BCUT2D eigenvalue weighted by atomic mass is 35.5. The van der Waals surface area contributed by atoms with E-state index in [1.54, 1.807) is 6.07 Å². The van der Waals surface area contributed by atoms with E-state index in [-0.39, 0.29) is 30.4 Å². The van der Waals surface area contributed by atoms with Crippen LogP contribution >= 0.6 is 11.6 Å². The number of nitrogens with one attached hydrogen (secondary N) is 3. The molecule has 0 aliphatic carbocycles. The molecule has 1 saturated heterocycles. The molecule has 1 aliphatic heterocycles. The van der Waals surface area contributed by atoms with Gasteiger partial charge in [0.25, 0.3) is 0 Å². The minimum atomic E-state index is -0.390. The number of amides is 2. The van der Waals surface area contributed by atoms with Gasteiger partial charge in [0, 0.05) is 11.6 Å². The number of halogens is 1. The Balaban J connectivity index is 1.93. The van der Waals surface area contributed by atoms with Crippen LogP contribution in [0.2, 0.25) is 5.02 Å². The van der Waals surface area contributed by atoms with Crippen molar-refractivity contribution in [3.05, 3.63) is 34.9 Å². The van der Waals surface area contributed by atoms with E-state index in [4.69, 9.17) is 11.6 Å². The molecular weight excluding hydrogens is 266 g/mol. The SMILES string of the molecule is C[C@@H](NC(=O)C1CNC(=O)CN1)c1cccc(Cl)c1. The molecule has 1 aromatic carbocycles. The Morgan fingerprint density at radius 3 is 2.95 bits per heavy atom. The van der Waals surface area contributed by atoms with E-state index in [2.05, 4.69) is 16.0 Å². The summed E-state index contributed by atoms with van der Waals surface area (Å²) in [5.41, 5.74) is 0.945. The molecule has 0 radical (unpaired) electrons. The molecule has 2 atom stereocenters. The van der Waals surface area contributed by atoms with Gasteiger partial charge in [-0.05, 0) is 24.6 Å². The predicted octanol–water partition coefficient (Wildman–Crippen LogP) is 0.605. The minimum Gasteiger partial charge on any atom is -0.353 e. The van der Waals surface area contributed by atoms with Crippen molar-refractivity contribution in [2.24, 2.45) is 0 Å². The first-order chi connectivity index (χ1) is 9.06. The van der Waals surface area contributed by atoms with Crippen molar-refractivity contribution in [2.45, 2.75) is 19.0 Å². The fourth-order valence-electron chi connectivity index (χ4n) is 1.93. The van der Waals surface area contributed by atoms with Gasteiger partial charge in [-0.1, -0.05) is 23.7 Å². The number of benzene rings is 1. The standard InChI is InChI=1S/C13H16ClN3O2/c1-8(9-3-2-4-10(14)5-9)17-13(19)11-6-16-12(18)7-15-11/h2-5,8,11,15H,6-7H2,1H3,(H,16,18)(H,17,19)/t8-,11?/m1/s1. The van der Waals surface area contributed by atoms with E-state index in [1.165, 1.54) is 0 Å².